The van der Waals surface area contributed by atoms with Crippen molar-refractivity contribution in [1.29, 1.82) is 0 Å². The van der Waals surface area contributed by atoms with Gasteiger partial charge in [-0.2, -0.15) is 0 Å². The Balaban J connectivity index is 2.57. The van der Waals surface area contributed by atoms with Crippen LogP contribution in [0.1, 0.15) is 18.0 Å². The van der Waals surface area contributed by atoms with Crippen LogP contribution < -0.4 is 10.5 Å². The molecule has 1 atom stereocenters. The molecule has 4 heteroatoms. The van der Waals surface area contributed by atoms with Crippen molar-refractivity contribution in [2.24, 2.45) is 5.73 Å². The predicted molar refractivity (Wildman–Crippen MR) is 68.0 cm³/mol. The lowest BCUT2D eigenvalue weighted by Crippen LogP contribution is -2.15. The minimum absolute atomic E-state index is 0.371. The second-order valence-corrected chi connectivity index (χ2v) is 4.14. The van der Waals surface area contributed by atoms with Crippen molar-refractivity contribution in [2.45, 2.75) is 18.9 Å². The zero-order valence-electron chi connectivity index (χ0n) is 10.1. The van der Waals surface area contributed by atoms with Crippen LogP contribution in [0.25, 0.3) is 10.8 Å². The third-order valence-corrected chi connectivity index (χ3v) is 2.95. The largest absolute Gasteiger partial charge is 0.496 e. The number of rotatable bonds is 4. The molecule has 0 aliphatic heterocycles. The summed E-state index contributed by atoms with van der Waals surface area (Å²) in [7, 11) is 1.52. The fourth-order valence-electron chi connectivity index (χ4n) is 2.15. The van der Waals surface area contributed by atoms with E-state index in [0.717, 1.165) is 10.8 Å². The van der Waals surface area contributed by atoms with Crippen molar-refractivity contribution in [2.75, 3.05) is 7.11 Å². The third kappa shape index (κ3) is 2.43. The van der Waals surface area contributed by atoms with Crippen LogP contribution in [-0.4, -0.2) is 13.5 Å². The first-order chi connectivity index (χ1) is 8.63. The Morgan fingerprint density at radius 1 is 1.17 bits per heavy atom. The van der Waals surface area contributed by atoms with E-state index in [4.69, 9.17) is 10.5 Å². The monoisotopic (exact) mass is 251 g/mol. The molecule has 0 aliphatic rings. The van der Waals surface area contributed by atoms with Crippen LogP contribution in [0, 0.1) is 0 Å². The van der Waals surface area contributed by atoms with Gasteiger partial charge in [-0.1, -0.05) is 30.3 Å². The zero-order chi connectivity index (χ0) is 13.1. The first kappa shape index (κ1) is 12.8. The number of alkyl halides is 2. The third-order valence-electron chi connectivity index (χ3n) is 2.95. The van der Waals surface area contributed by atoms with E-state index in [-0.39, 0.29) is 6.42 Å². The Kier molecular flexibility index (Phi) is 3.77. The summed E-state index contributed by atoms with van der Waals surface area (Å²) in [5.74, 6) is 0.557. The van der Waals surface area contributed by atoms with E-state index >= 15 is 0 Å². The summed E-state index contributed by atoms with van der Waals surface area (Å²) >= 11 is 0. The van der Waals surface area contributed by atoms with E-state index in [1.807, 2.05) is 30.3 Å². The van der Waals surface area contributed by atoms with Gasteiger partial charge in [0.05, 0.1) is 7.11 Å². The standard InChI is InChI=1S/C14H15F2NO/c1-18-12-7-6-9-4-2-3-5-10(9)14(12)11(17)8-13(15)16/h2-7,11,13H,8,17H2,1H3/t11-/m1/s1. The van der Waals surface area contributed by atoms with Crippen LogP contribution in [0.3, 0.4) is 0 Å². The molecule has 18 heavy (non-hydrogen) atoms. The van der Waals surface area contributed by atoms with Crippen LogP contribution in [0.5, 0.6) is 5.75 Å². The predicted octanol–water partition coefficient (Wildman–Crippen LogP) is 3.50. The van der Waals surface area contributed by atoms with Gasteiger partial charge in [0.2, 0.25) is 6.43 Å². The summed E-state index contributed by atoms with van der Waals surface area (Å²) in [4.78, 5) is 0. The van der Waals surface area contributed by atoms with E-state index in [1.165, 1.54) is 7.11 Å². The highest BCUT2D eigenvalue weighted by Crippen LogP contribution is 2.34. The van der Waals surface area contributed by atoms with Gasteiger partial charge in [-0.25, -0.2) is 8.78 Å². The molecule has 0 radical (unpaired) electrons. The second-order valence-electron chi connectivity index (χ2n) is 4.14. The van der Waals surface area contributed by atoms with Gasteiger partial charge in [0.1, 0.15) is 5.75 Å². The molecule has 0 unspecified atom stereocenters. The molecule has 2 N–H and O–H groups in total. The number of nitrogens with two attached hydrogens (primary N) is 1. The number of methoxy groups -OCH3 is 1. The minimum Gasteiger partial charge on any atom is -0.496 e. The Hall–Kier alpha value is -1.68. The molecular weight excluding hydrogens is 236 g/mol. The smallest absolute Gasteiger partial charge is 0.240 e. The van der Waals surface area contributed by atoms with Crippen LogP contribution in [-0.2, 0) is 0 Å². The van der Waals surface area contributed by atoms with Gasteiger partial charge in [-0.15, -0.1) is 0 Å². The van der Waals surface area contributed by atoms with E-state index in [9.17, 15) is 8.78 Å². The molecule has 2 aromatic rings. The van der Waals surface area contributed by atoms with E-state index in [1.54, 1.807) is 6.07 Å². The number of ether oxygens (including phenoxy) is 1. The molecule has 2 aromatic carbocycles. The van der Waals surface area contributed by atoms with Crippen LogP contribution in [0.15, 0.2) is 36.4 Å². The quantitative estimate of drug-likeness (QED) is 0.902. The van der Waals surface area contributed by atoms with Crippen LogP contribution in [0.4, 0.5) is 8.78 Å². The maximum atomic E-state index is 12.5. The molecule has 96 valence electrons. The van der Waals surface area contributed by atoms with E-state index in [2.05, 4.69) is 0 Å². The van der Waals surface area contributed by atoms with Gasteiger partial charge in [0, 0.05) is 18.0 Å². The van der Waals surface area contributed by atoms with Gasteiger partial charge in [0.25, 0.3) is 0 Å². The number of halogens is 2. The Morgan fingerprint density at radius 2 is 1.89 bits per heavy atom. The fraction of sp³-hybridized carbons (Fsp3) is 0.286. The maximum Gasteiger partial charge on any atom is 0.240 e. The number of fused-ring (bicyclic) bond motifs is 1. The normalized spacial score (nSPS) is 12.9. The molecule has 0 amide bonds. The molecule has 0 bridgehead atoms. The van der Waals surface area contributed by atoms with Gasteiger partial charge in [-0.05, 0) is 16.8 Å². The summed E-state index contributed by atoms with van der Waals surface area (Å²) in [6, 6.07) is 10.5. The molecule has 0 heterocycles. The Labute approximate surface area is 104 Å². The summed E-state index contributed by atoms with van der Waals surface area (Å²) in [6.07, 6.45) is -2.80. The summed E-state index contributed by atoms with van der Waals surface area (Å²) in [6.45, 7) is 0. The van der Waals surface area contributed by atoms with E-state index in [0.29, 0.717) is 11.3 Å². The number of hydrogen-bond acceptors (Lipinski definition) is 2. The Bertz CT molecular complexity index is 542. The average Bonchev–Trinajstić information content (AvgIpc) is 2.36. The lowest BCUT2D eigenvalue weighted by atomic mass is 9.96. The fourth-order valence-corrected chi connectivity index (χ4v) is 2.15. The van der Waals surface area contributed by atoms with Crippen molar-refractivity contribution in [1.82, 2.24) is 0 Å². The summed E-state index contributed by atoms with van der Waals surface area (Å²) < 4.78 is 30.2. The molecule has 2 nitrogen and oxygen atoms in total. The van der Waals surface area contributed by atoms with Crippen molar-refractivity contribution in [3.8, 4) is 5.75 Å². The lowest BCUT2D eigenvalue weighted by molar-refractivity contribution is 0.128. The van der Waals surface area contributed by atoms with E-state index < -0.39 is 12.5 Å². The molecule has 2 rings (SSSR count). The molecule has 0 aliphatic carbocycles. The highest BCUT2D eigenvalue weighted by atomic mass is 19.3. The molecule has 0 fully saturated rings. The first-order valence-electron chi connectivity index (χ1n) is 5.73. The number of hydrogen-bond donors (Lipinski definition) is 1. The Morgan fingerprint density at radius 3 is 2.56 bits per heavy atom. The summed E-state index contributed by atoms with van der Waals surface area (Å²) in [5, 5.41) is 1.84. The average molecular weight is 251 g/mol. The van der Waals surface area contributed by atoms with Crippen LogP contribution >= 0.6 is 0 Å². The maximum absolute atomic E-state index is 12.5. The molecule has 0 spiro atoms. The van der Waals surface area contributed by atoms with Crippen molar-refractivity contribution in [3.63, 3.8) is 0 Å². The minimum atomic E-state index is -2.43. The molecule has 0 aromatic heterocycles. The topological polar surface area (TPSA) is 35.2 Å². The van der Waals surface area contributed by atoms with Gasteiger partial charge in [-0.3, -0.25) is 0 Å². The van der Waals surface area contributed by atoms with Crippen molar-refractivity contribution < 1.29 is 13.5 Å². The summed E-state index contributed by atoms with van der Waals surface area (Å²) in [5.41, 5.74) is 6.53. The lowest BCUT2D eigenvalue weighted by Gasteiger charge is -2.18. The highest BCUT2D eigenvalue weighted by molar-refractivity contribution is 5.88. The molecule has 0 saturated heterocycles. The SMILES string of the molecule is COc1ccc2ccccc2c1[C@H](N)CC(F)F. The number of benzene rings is 2. The van der Waals surface area contributed by atoms with Crippen LogP contribution in [0.2, 0.25) is 0 Å². The zero-order valence-corrected chi connectivity index (χ0v) is 10.1. The highest BCUT2D eigenvalue weighted by Gasteiger charge is 2.19. The van der Waals surface area contributed by atoms with Crippen molar-refractivity contribution in [3.05, 3.63) is 42.0 Å². The van der Waals surface area contributed by atoms with Gasteiger partial charge >= 0.3 is 0 Å². The first-order valence-corrected chi connectivity index (χ1v) is 5.73. The van der Waals surface area contributed by atoms with Gasteiger partial charge in [0.15, 0.2) is 0 Å². The molecular formula is C14H15F2NO. The molecule has 0 saturated carbocycles. The van der Waals surface area contributed by atoms with Crippen molar-refractivity contribution >= 4 is 10.8 Å². The van der Waals surface area contributed by atoms with Gasteiger partial charge < -0.3 is 10.5 Å². The second kappa shape index (κ2) is 5.31.